The molecule has 1 unspecified atom stereocenters. The van der Waals surface area contributed by atoms with E-state index >= 15 is 0 Å². The van der Waals surface area contributed by atoms with Gasteiger partial charge in [0.15, 0.2) is 0 Å². The molecule has 0 saturated carbocycles. The van der Waals surface area contributed by atoms with E-state index in [2.05, 4.69) is 5.32 Å². The molecule has 0 fully saturated rings. The van der Waals surface area contributed by atoms with Crippen LogP contribution >= 0.6 is 0 Å². The third kappa shape index (κ3) is 6.92. The molecule has 3 aromatic carbocycles. The number of aryl methyl sites for hydroxylation is 1. The van der Waals surface area contributed by atoms with E-state index in [9.17, 15) is 18.0 Å². The second kappa shape index (κ2) is 13.1. The van der Waals surface area contributed by atoms with E-state index in [4.69, 9.17) is 4.74 Å². The number of nitrogens with zero attached hydrogens (tertiary/aromatic N) is 2. The van der Waals surface area contributed by atoms with Gasteiger partial charge in [-0.3, -0.25) is 13.9 Å². The fourth-order valence-electron chi connectivity index (χ4n) is 3.96. The Balaban J connectivity index is 2.03. The minimum Gasteiger partial charge on any atom is -0.497 e. The van der Waals surface area contributed by atoms with Gasteiger partial charge in [0.05, 0.1) is 17.7 Å². The molecule has 9 heteroatoms. The number of anilines is 1. The van der Waals surface area contributed by atoms with Gasteiger partial charge in [0, 0.05) is 19.2 Å². The van der Waals surface area contributed by atoms with Crippen LogP contribution in [0.1, 0.15) is 31.4 Å². The molecule has 0 aliphatic rings. The van der Waals surface area contributed by atoms with Crippen LogP contribution in [0.15, 0.2) is 83.8 Å². The third-order valence-corrected chi connectivity index (χ3v) is 8.06. The smallest absolute Gasteiger partial charge is 0.264 e. The van der Waals surface area contributed by atoms with Gasteiger partial charge in [0.2, 0.25) is 11.8 Å². The van der Waals surface area contributed by atoms with Crippen molar-refractivity contribution in [2.45, 2.75) is 44.7 Å². The molecule has 202 valence electrons. The Labute approximate surface area is 225 Å². The highest BCUT2D eigenvalue weighted by molar-refractivity contribution is 7.92. The van der Waals surface area contributed by atoms with Crippen molar-refractivity contribution < 1.29 is 22.7 Å². The Morgan fingerprint density at radius 3 is 2.32 bits per heavy atom. The third-order valence-electron chi connectivity index (χ3n) is 6.27. The standard InChI is InChI=1S/C29H35N3O5S/c1-5-18-30-29(34)23(3)31(20-24-13-10-9-12-22(24)2)28(33)21-32(25-14-11-15-26(19-25)37-4)38(35,36)27-16-7-6-8-17-27/h6-17,19,23H,5,18,20-21H2,1-4H3,(H,30,34). The van der Waals surface area contributed by atoms with Gasteiger partial charge in [-0.15, -0.1) is 0 Å². The summed E-state index contributed by atoms with van der Waals surface area (Å²) in [7, 11) is -2.63. The van der Waals surface area contributed by atoms with Crippen molar-refractivity contribution in [2.75, 3.05) is 24.5 Å². The van der Waals surface area contributed by atoms with Crippen molar-refractivity contribution in [3.8, 4) is 5.75 Å². The molecule has 0 bridgehead atoms. The summed E-state index contributed by atoms with van der Waals surface area (Å²) < 4.78 is 33.9. The Morgan fingerprint density at radius 1 is 0.974 bits per heavy atom. The van der Waals surface area contributed by atoms with Crippen molar-refractivity contribution in [3.63, 3.8) is 0 Å². The quantitative estimate of drug-likeness (QED) is 0.375. The molecule has 1 N–H and O–H groups in total. The average Bonchev–Trinajstić information content (AvgIpc) is 2.94. The summed E-state index contributed by atoms with van der Waals surface area (Å²) >= 11 is 0. The summed E-state index contributed by atoms with van der Waals surface area (Å²) in [6.45, 7) is 5.67. The van der Waals surface area contributed by atoms with E-state index in [1.54, 1.807) is 49.4 Å². The number of carbonyl (C=O) groups is 2. The molecule has 38 heavy (non-hydrogen) atoms. The van der Waals surface area contributed by atoms with Crippen LogP contribution < -0.4 is 14.4 Å². The second-order valence-corrected chi connectivity index (χ2v) is 10.8. The van der Waals surface area contributed by atoms with Crippen molar-refractivity contribution in [2.24, 2.45) is 0 Å². The number of amides is 2. The number of sulfonamides is 1. The maximum Gasteiger partial charge on any atom is 0.264 e. The van der Waals surface area contributed by atoms with Crippen LogP contribution in [0.5, 0.6) is 5.75 Å². The lowest BCUT2D eigenvalue weighted by Crippen LogP contribution is -2.51. The first-order valence-electron chi connectivity index (χ1n) is 12.5. The number of ether oxygens (including phenoxy) is 1. The number of methoxy groups -OCH3 is 1. The summed E-state index contributed by atoms with van der Waals surface area (Å²) in [6.07, 6.45) is 0.753. The fourth-order valence-corrected chi connectivity index (χ4v) is 5.39. The monoisotopic (exact) mass is 537 g/mol. The van der Waals surface area contributed by atoms with E-state index in [0.717, 1.165) is 21.9 Å². The van der Waals surface area contributed by atoms with E-state index in [0.29, 0.717) is 12.3 Å². The van der Waals surface area contributed by atoms with Gasteiger partial charge in [-0.1, -0.05) is 55.5 Å². The Kier molecular flexibility index (Phi) is 9.90. The van der Waals surface area contributed by atoms with Gasteiger partial charge < -0.3 is 15.0 Å². The Bertz CT molecular complexity index is 1350. The molecule has 0 heterocycles. The maximum atomic E-state index is 13.9. The molecule has 0 spiro atoms. The largest absolute Gasteiger partial charge is 0.497 e. The zero-order chi connectivity index (χ0) is 27.7. The number of benzene rings is 3. The minimum absolute atomic E-state index is 0.0508. The lowest BCUT2D eigenvalue weighted by atomic mass is 10.1. The molecular formula is C29H35N3O5S. The summed E-state index contributed by atoms with van der Waals surface area (Å²) in [4.78, 5) is 28.3. The lowest BCUT2D eigenvalue weighted by Gasteiger charge is -2.32. The van der Waals surface area contributed by atoms with Crippen LogP contribution in [0.3, 0.4) is 0 Å². The molecule has 3 rings (SSSR count). The first-order chi connectivity index (χ1) is 18.2. The minimum atomic E-state index is -4.12. The molecule has 8 nitrogen and oxygen atoms in total. The highest BCUT2D eigenvalue weighted by Gasteiger charge is 2.32. The molecule has 0 saturated heterocycles. The molecule has 0 aliphatic carbocycles. The molecule has 0 aliphatic heterocycles. The lowest BCUT2D eigenvalue weighted by molar-refractivity contribution is -0.139. The molecule has 0 radical (unpaired) electrons. The average molecular weight is 538 g/mol. The molecule has 1 atom stereocenters. The first-order valence-corrected chi connectivity index (χ1v) is 14.0. The van der Waals surface area contributed by atoms with Gasteiger partial charge >= 0.3 is 0 Å². The van der Waals surface area contributed by atoms with Crippen molar-refractivity contribution >= 4 is 27.5 Å². The van der Waals surface area contributed by atoms with Crippen LogP contribution in [0, 0.1) is 6.92 Å². The van der Waals surface area contributed by atoms with E-state index in [1.165, 1.54) is 24.1 Å². The molecule has 3 aromatic rings. The van der Waals surface area contributed by atoms with E-state index in [1.807, 2.05) is 38.1 Å². The number of carbonyl (C=O) groups excluding carboxylic acids is 2. The van der Waals surface area contributed by atoms with Crippen LogP contribution in [0.4, 0.5) is 5.69 Å². The Morgan fingerprint density at radius 2 is 1.66 bits per heavy atom. The van der Waals surface area contributed by atoms with Gasteiger partial charge in [-0.2, -0.15) is 0 Å². The first kappa shape index (κ1) is 28.7. The highest BCUT2D eigenvalue weighted by atomic mass is 32.2. The van der Waals surface area contributed by atoms with Crippen LogP contribution in [0.25, 0.3) is 0 Å². The van der Waals surface area contributed by atoms with Crippen LogP contribution in [-0.4, -0.2) is 51.4 Å². The summed E-state index contributed by atoms with van der Waals surface area (Å²) in [5.74, 6) is -0.352. The van der Waals surface area contributed by atoms with Gasteiger partial charge in [-0.25, -0.2) is 8.42 Å². The van der Waals surface area contributed by atoms with Crippen LogP contribution in [0.2, 0.25) is 0 Å². The molecule has 0 aromatic heterocycles. The number of rotatable bonds is 12. The number of nitrogens with one attached hydrogen (secondary N) is 1. The van der Waals surface area contributed by atoms with E-state index in [-0.39, 0.29) is 23.0 Å². The van der Waals surface area contributed by atoms with Gasteiger partial charge in [0.1, 0.15) is 18.3 Å². The summed E-state index contributed by atoms with van der Waals surface area (Å²) in [5.41, 5.74) is 2.11. The SMILES string of the molecule is CCCNC(=O)C(C)N(Cc1ccccc1C)C(=O)CN(c1cccc(OC)c1)S(=O)(=O)c1ccccc1. The van der Waals surface area contributed by atoms with Crippen molar-refractivity contribution in [1.82, 2.24) is 10.2 Å². The van der Waals surface area contributed by atoms with E-state index < -0.39 is 28.5 Å². The zero-order valence-corrected chi connectivity index (χ0v) is 23.1. The number of hydrogen-bond acceptors (Lipinski definition) is 5. The second-order valence-electron chi connectivity index (χ2n) is 8.94. The van der Waals surface area contributed by atoms with Gasteiger partial charge in [0.25, 0.3) is 10.0 Å². The number of hydrogen-bond donors (Lipinski definition) is 1. The maximum absolute atomic E-state index is 13.9. The zero-order valence-electron chi connectivity index (χ0n) is 22.3. The van der Waals surface area contributed by atoms with Crippen molar-refractivity contribution in [1.29, 1.82) is 0 Å². The predicted molar refractivity (Wildman–Crippen MR) is 148 cm³/mol. The molecule has 2 amide bonds. The predicted octanol–water partition coefficient (Wildman–Crippen LogP) is 4.14. The topological polar surface area (TPSA) is 96.0 Å². The Hall–Kier alpha value is -3.85. The van der Waals surface area contributed by atoms with Crippen LogP contribution in [-0.2, 0) is 26.2 Å². The van der Waals surface area contributed by atoms with Gasteiger partial charge in [-0.05, 0) is 55.7 Å². The highest BCUT2D eigenvalue weighted by Crippen LogP contribution is 2.27. The normalized spacial score (nSPS) is 11.9. The van der Waals surface area contributed by atoms with Crippen molar-refractivity contribution in [3.05, 3.63) is 90.0 Å². The molecular weight excluding hydrogens is 502 g/mol. The summed E-state index contributed by atoms with van der Waals surface area (Å²) in [6, 6.07) is 21.3. The summed E-state index contributed by atoms with van der Waals surface area (Å²) in [5, 5.41) is 2.84. The fraction of sp³-hybridized carbons (Fsp3) is 0.310.